The van der Waals surface area contributed by atoms with Crippen LogP contribution in [-0.2, 0) is 0 Å². The first-order valence-electron chi connectivity index (χ1n) is 5.94. The van der Waals surface area contributed by atoms with Crippen molar-refractivity contribution in [3.05, 3.63) is 12.4 Å². The van der Waals surface area contributed by atoms with Gasteiger partial charge >= 0.3 is 0 Å². The van der Waals surface area contributed by atoms with Crippen LogP contribution >= 0.6 is 35.0 Å². The predicted octanol–water partition coefficient (Wildman–Crippen LogP) is 2.85. The first kappa shape index (κ1) is 14.7. The molecule has 0 radical (unpaired) electrons. The fourth-order valence-electron chi connectivity index (χ4n) is 1.43. The normalized spacial score (nSPS) is 11.1. The number of ether oxygens (including phenoxy) is 1. The highest BCUT2D eigenvalue weighted by molar-refractivity contribution is 7.99. The summed E-state index contributed by atoms with van der Waals surface area (Å²) in [6.07, 6.45) is 5.25. The van der Waals surface area contributed by atoms with Crippen molar-refractivity contribution in [2.24, 2.45) is 0 Å². The number of hydrogen-bond acceptors (Lipinski definition) is 5. The zero-order chi connectivity index (χ0) is 13.5. The molecule has 0 atom stereocenters. The second-order valence-corrected chi connectivity index (χ2v) is 5.51. The summed E-state index contributed by atoms with van der Waals surface area (Å²) in [6, 6.07) is 0. The van der Waals surface area contributed by atoms with Crippen molar-refractivity contribution in [3.8, 4) is 5.88 Å². The lowest BCUT2D eigenvalue weighted by Gasteiger charge is -2.07. The number of halogens is 2. The quantitative estimate of drug-likeness (QED) is 0.425. The second kappa shape index (κ2) is 7.77. The zero-order valence-electron chi connectivity index (χ0n) is 10.3. The molecule has 0 unspecified atom stereocenters. The number of fused-ring (bicyclic) bond motifs is 1. The molecule has 0 N–H and O–H groups in total. The molecular formula is C11H14Cl2N4OS. The van der Waals surface area contributed by atoms with Gasteiger partial charge in [0.15, 0.2) is 5.16 Å². The Kier molecular flexibility index (Phi) is 6.00. The molecule has 2 aromatic rings. The minimum atomic E-state index is 0.441. The first-order valence-corrected chi connectivity index (χ1v) is 7.99. The Bertz CT molecular complexity index is 478. The smallest absolute Gasteiger partial charge is 0.277 e. The van der Waals surface area contributed by atoms with Crippen molar-refractivity contribution in [2.45, 2.75) is 18.0 Å². The van der Waals surface area contributed by atoms with Crippen molar-refractivity contribution in [3.63, 3.8) is 0 Å². The number of alkyl halides is 2. The van der Waals surface area contributed by atoms with Gasteiger partial charge in [-0.1, -0.05) is 11.8 Å². The topological polar surface area (TPSA) is 52.3 Å². The van der Waals surface area contributed by atoms with E-state index >= 15 is 0 Å². The zero-order valence-corrected chi connectivity index (χ0v) is 12.6. The highest BCUT2D eigenvalue weighted by atomic mass is 35.5. The fourth-order valence-corrected chi connectivity index (χ4v) is 2.69. The van der Waals surface area contributed by atoms with E-state index in [9.17, 15) is 0 Å². The number of hydrogen-bond donors (Lipinski definition) is 0. The molecule has 8 heteroatoms. The standard InChI is InChI=1S/C11H14Cl2N4OS/c12-3-1-7-18-10-9-14-5-6-17(9)11(16-15-10)19-8-2-4-13/h5-6H,1-4,7-8H2. The average molecular weight is 321 g/mol. The lowest BCUT2D eigenvalue weighted by atomic mass is 10.5. The van der Waals surface area contributed by atoms with Gasteiger partial charge in [0, 0.05) is 29.9 Å². The Morgan fingerprint density at radius 1 is 1.21 bits per heavy atom. The molecule has 104 valence electrons. The van der Waals surface area contributed by atoms with Crippen molar-refractivity contribution in [2.75, 3.05) is 24.1 Å². The van der Waals surface area contributed by atoms with Gasteiger partial charge < -0.3 is 4.74 Å². The molecule has 5 nitrogen and oxygen atoms in total. The molecule has 0 aliphatic rings. The van der Waals surface area contributed by atoms with Crippen LogP contribution in [0.25, 0.3) is 5.65 Å². The highest BCUT2D eigenvalue weighted by Gasteiger charge is 2.11. The van der Waals surface area contributed by atoms with Crippen LogP contribution in [0.2, 0.25) is 0 Å². The molecular weight excluding hydrogens is 307 g/mol. The van der Waals surface area contributed by atoms with Gasteiger partial charge in [0.05, 0.1) is 6.61 Å². The third kappa shape index (κ3) is 3.87. The van der Waals surface area contributed by atoms with E-state index in [0.717, 1.165) is 23.8 Å². The summed E-state index contributed by atoms with van der Waals surface area (Å²) in [5.74, 6) is 2.55. The van der Waals surface area contributed by atoms with Gasteiger partial charge in [-0.25, -0.2) is 4.98 Å². The average Bonchev–Trinajstić information content (AvgIpc) is 2.91. The minimum absolute atomic E-state index is 0.441. The molecule has 0 saturated carbocycles. The second-order valence-electron chi connectivity index (χ2n) is 3.69. The number of thioether (sulfide) groups is 1. The summed E-state index contributed by atoms with van der Waals surface area (Å²) in [7, 11) is 0. The van der Waals surface area contributed by atoms with E-state index in [1.807, 2.05) is 10.6 Å². The lowest BCUT2D eigenvalue weighted by molar-refractivity contribution is 0.302. The van der Waals surface area contributed by atoms with Gasteiger partial charge in [0.1, 0.15) is 0 Å². The first-order chi connectivity index (χ1) is 9.36. The molecule has 19 heavy (non-hydrogen) atoms. The van der Waals surface area contributed by atoms with E-state index < -0.39 is 0 Å². The lowest BCUT2D eigenvalue weighted by Crippen LogP contribution is -2.05. The van der Waals surface area contributed by atoms with Crippen LogP contribution in [0.3, 0.4) is 0 Å². The molecule has 2 heterocycles. The number of rotatable bonds is 8. The van der Waals surface area contributed by atoms with Crippen molar-refractivity contribution in [1.82, 2.24) is 19.6 Å². The van der Waals surface area contributed by atoms with Crippen LogP contribution in [-0.4, -0.2) is 43.7 Å². The van der Waals surface area contributed by atoms with Gasteiger partial charge in [0.2, 0.25) is 5.65 Å². The van der Waals surface area contributed by atoms with E-state index in [2.05, 4.69) is 15.2 Å². The van der Waals surface area contributed by atoms with E-state index in [1.165, 1.54) is 0 Å². The van der Waals surface area contributed by atoms with E-state index in [0.29, 0.717) is 29.9 Å². The van der Waals surface area contributed by atoms with E-state index in [-0.39, 0.29) is 0 Å². The largest absolute Gasteiger partial charge is 0.474 e. The monoisotopic (exact) mass is 320 g/mol. The van der Waals surface area contributed by atoms with E-state index in [1.54, 1.807) is 18.0 Å². The summed E-state index contributed by atoms with van der Waals surface area (Å²) < 4.78 is 7.40. The van der Waals surface area contributed by atoms with Crippen LogP contribution in [0.5, 0.6) is 5.88 Å². The summed E-state index contributed by atoms with van der Waals surface area (Å²) >= 11 is 12.9. The van der Waals surface area contributed by atoms with Crippen LogP contribution in [0.1, 0.15) is 12.8 Å². The third-order valence-corrected chi connectivity index (χ3v) is 3.85. The summed E-state index contributed by atoms with van der Waals surface area (Å²) in [6.45, 7) is 0.513. The molecule has 0 amide bonds. The molecule has 0 bridgehead atoms. The SMILES string of the molecule is ClCCCOc1nnc(SCCCCl)n2ccnc12. The van der Waals surface area contributed by atoms with Crippen LogP contribution < -0.4 is 4.74 Å². The minimum Gasteiger partial charge on any atom is -0.474 e. The van der Waals surface area contributed by atoms with Gasteiger partial charge in [-0.15, -0.1) is 33.4 Å². The molecule has 0 aliphatic carbocycles. The summed E-state index contributed by atoms with van der Waals surface area (Å²) in [5.41, 5.74) is 0.679. The van der Waals surface area contributed by atoms with E-state index in [4.69, 9.17) is 27.9 Å². The number of imidazole rings is 1. The maximum absolute atomic E-state index is 5.66. The molecule has 0 aromatic carbocycles. The molecule has 2 aromatic heterocycles. The van der Waals surface area contributed by atoms with Crippen LogP contribution in [0, 0.1) is 0 Å². The molecule has 0 spiro atoms. The molecule has 2 rings (SSSR count). The summed E-state index contributed by atoms with van der Waals surface area (Å²) in [5, 5.41) is 9.04. The third-order valence-electron chi connectivity index (χ3n) is 2.29. The Balaban J connectivity index is 2.13. The molecule has 0 saturated heterocycles. The van der Waals surface area contributed by atoms with Crippen LogP contribution in [0.15, 0.2) is 17.6 Å². The van der Waals surface area contributed by atoms with Gasteiger partial charge in [-0.05, 0) is 12.8 Å². The maximum Gasteiger partial charge on any atom is 0.277 e. The number of nitrogens with zero attached hydrogens (tertiary/aromatic N) is 4. The Labute approximate surface area is 125 Å². The fraction of sp³-hybridized carbons (Fsp3) is 0.545. The Morgan fingerprint density at radius 3 is 2.84 bits per heavy atom. The highest BCUT2D eigenvalue weighted by Crippen LogP contribution is 2.21. The Morgan fingerprint density at radius 2 is 2.05 bits per heavy atom. The van der Waals surface area contributed by atoms with Crippen LogP contribution in [0.4, 0.5) is 0 Å². The van der Waals surface area contributed by atoms with Gasteiger partial charge in [0.25, 0.3) is 5.88 Å². The molecule has 0 fully saturated rings. The van der Waals surface area contributed by atoms with Crippen molar-refractivity contribution >= 4 is 40.6 Å². The maximum atomic E-state index is 5.66. The van der Waals surface area contributed by atoms with Crippen molar-refractivity contribution in [1.29, 1.82) is 0 Å². The molecule has 0 aliphatic heterocycles. The van der Waals surface area contributed by atoms with Gasteiger partial charge in [-0.2, -0.15) is 0 Å². The Hall–Kier alpha value is -0.720. The van der Waals surface area contributed by atoms with Gasteiger partial charge in [-0.3, -0.25) is 4.40 Å². The number of aromatic nitrogens is 4. The summed E-state index contributed by atoms with van der Waals surface area (Å²) in [4.78, 5) is 4.25. The predicted molar refractivity (Wildman–Crippen MR) is 77.7 cm³/mol. The van der Waals surface area contributed by atoms with Crippen molar-refractivity contribution < 1.29 is 4.74 Å².